The molecule has 0 saturated carbocycles. The van der Waals surface area contributed by atoms with Crippen LogP contribution in [0.4, 0.5) is 5.69 Å². The first-order valence-electron chi connectivity index (χ1n) is 14.7. The van der Waals surface area contributed by atoms with E-state index in [4.69, 9.17) is 9.98 Å². The van der Waals surface area contributed by atoms with Gasteiger partial charge >= 0.3 is 0 Å². The highest BCUT2D eigenvalue weighted by atomic mass is 15.1. The maximum atomic E-state index is 5.29. The van der Waals surface area contributed by atoms with E-state index in [0.29, 0.717) is 0 Å². The second kappa shape index (κ2) is 10.4. The van der Waals surface area contributed by atoms with Crippen LogP contribution in [0.5, 0.6) is 0 Å². The predicted octanol–water partition coefficient (Wildman–Crippen LogP) is 10.0. The lowest BCUT2D eigenvalue weighted by Gasteiger charge is -2.21. The molecule has 0 aliphatic heterocycles. The van der Waals surface area contributed by atoms with E-state index in [1.807, 2.05) is 12.1 Å². The molecule has 204 valence electrons. The van der Waals surface area contributed by atoms with E-state index < -0.39 is 0 Å². The van der Waals surface area contributed by atoms with Crippen molar-refractivity contribution < 1.29 is 0 Å². The first-order valence-corrected chi connectivity index (χ1v) is 14.7. The summed E-state index contributed by atoms with van der Waals surface area (Å²) in [4.78, 5) is 10.3. The van der Waals surface area contributed by atoms with Crippen molar-refractivity contribution in [2.24, 2.45) is 4.99 Å². The lowest BCUT2D eigenvalue weighted by Crippen LogP contribution is -2.13. The molecule has 1 aliphatic carbocycles. The topological polar surface area (TPSA) is 30.2 Å². The zero-order chi connectivity index (χ0) is 28.8. The summed E-state index contributed by atoms with van der Waals surface area (Å²) in [6, 6.07) is 51.4. The number of fused-ring (bicyclic) bond motifs is 4. The molecule has 1 aliphatic rings. The molecule has 43 heavy (non-hydrogen) atoms. The highest BCUT2D eigenvalue weighted by molar-refractivity contribution is 6.11. The number of aliphatic imine (C=N–C) groups is 1. The van der Waals surface area contributed by atoms with Gasteiger partial charge in [-0.3, -0.25) is 9.56 Å². The predicted molar refractivity (Wildman–Crippen MR) is 178 cm³/mol. The normalized spacial score (nSPS) is 13.2. The van der Waals surface area contributed by atoms with Gasteiger partial charge in [0, 0.05) is 23.2 Å². The van der Waals surface area contributed by atoms with Crippen LogP contribution in [0.25, 0.3) is 50.4 Å². The molecule has 1 heterocycles. The fourth-order valence-corrected chi connectivity index (χ4v) is 6.21. The summed E-state index contributed by atoms with van der Waals surface area (Å²) in [5.74, 6) is 0.942. The molecule has 0 radical (unpaired) electrons. The van der Waals surface area contributed by atoms with Crippen molar-refractivity contribution in [3.05, 3.63) is 162 Å². The second-order valence-corrected chi connectivity index (χ2v) is 11.1. The number of para-hydroxylation sites is 2. The minimum absolute atomic E-state index is 0.828. The Balaban J connectivity index is 1.18. The third kappa shape index (κ3) is 4.47. The minimum Gasteiger partial charge on any atom is -0.292 e. The van der Waals surface area contributed by atoms with E-state index in [-0.39, 0.29) is 0 Å². The van der Waals surface area contributed by atoms with Crippen LogP contribution in [0, 0.1) is 6.92 Å². The molecule has 3 nitrogen and oxygen atoms in total. The quantitative estimate of drug-likeness (QED) is 0.214. The van der Waals surface area contributed by atoms with E-state index in [0.717, 1.165) is 57.1 Å². The van der Waals surface area contributed by atoms with Gasteiger partial charge in [-0.25, -0.2) is 4.98 Å². The van der Waals surface area contributed by atoms with Gasteiger partial charge in [0.25, 0.3) is 0 Å². The smallest absolute Gasteiger partial charge is 0.145 e. The van der Waals surface area contributed by atoms with Gasteiger partial charge in [-0.05, 0) is 70.6 Å². The average molecular weight is 552 g/mol. The van der Waals surface area contributed by atoms with Crippen molar-refractivity contribution in [1.82, 2.24) is 9.55 Å². The molecule has 0 unspecified atom stereocenters. The highest BCUT2D eigenvalue weighted by Crippen LogP contribution is 2.36. The van der Waals surface area contributed by atoms with Crippen molar-refractivity contribution in [3.63, 3.8) is 0 Å². The summed E-state index contributed by atoms with van der Waals surface area (Å²) in [5, 5.41) is 0. The summed E-state index contributed by atoms with van der Waals surface area (Å²) in [7, 11) is 0. The number of nitrogens with zero attached hydrogens (tertiary/aromatic N) is 3. The molecule has 0 amide bonds. The number of rotatable bonds is 4. The molecule has 1 aromatic heterocycles. The zero-order valence-corrected chi connectivity index (χ0v) is 23.9. The summed E-state index contributed by atoms with van der Waals surface area (Å²) >= 11 is 0. The summed E-state index contributed by atoms with van der Waals surface area (Å²) in [6.07, 6.45) is 0.828. The molecule has 0 spiro atoms. The van der Waals surface area contributed by atoms with Crippen molar-refractivity contribution >= 4 is 22.4 Å². The summed E-state index contributed by atoms with van der Waals surface area (Å²) < 4.78 is 2.25. The molecule has 0 atom stereocenters. The van der Waals surface area contributed by atoms with Crippen LogP contribution < -0.4 is 0 Å². The van der Waals surface area contributed by atoms with E-state index in [1.54, 1.807) is 0 Å². The first-order chi connectivity index (χ1) is 21.2. The molecular weight excluding hydrogens is 522 g/mol. The van der Waals surface area contributed by atoms with Crippen molar-refractivity contribution in [2.45, 2.75) is 13.3 Å². The van der Waals surface area contributed by atoms with E-state index in [2.05, 4.69) is 145 Å². The standard InChI is InChI=1S/C40H29N3/c1-27-19-20-30(25-37(27)41-38-26-31-13-5-6-14-33(31)34-15-7-8-16-35(34)38)28-21-23-32(24-22-28)43-39-18-10-9-17-36(39)42-40(43)29-11-3-2-4-12-29/h2-25H,26H2,1H3. The molecule has 0 N–H and O–H groups in total. The van der Waals surface area contributed by atoms with E-state index >= 15 is 0 Å². The monoisotopic (exact) mass is 551 g/mol. The van der Waals surface area contributed by atoms with Crippen molar-refractivity contribution in [2.75, 3.05) is 0 Å². The molecule has 3 heteroatoms. The van der Waals surface area contributed by atoms with Crippen LogP contribution in [-0.4, -0.2) is 15.3 Å². The van der Waals surface area contributed by atoms with Gasteiger partial charge < -0.3 is 0 Å². The van der Waals surface area contributed by atoms with Gasteiger partial charge in [-0.15, -0.1) is 0 Å². The molecular formula is C40H29N3. The highest BCUT2D eigenvalue weighted by Gasteiger charge is 2.21. The van der Waals surface area contributed by atoms with Crippen LogP contribution in [0.2, 0.25) is 0 Å². The fraction of sp³-hybridized carbons (Fsp3) is 0.0500. The van der Waals surface area contributed by atoms with Crippen molar-refractivity contribution in [1.29, 1.82) is 0 Å². The number of aryl methyl sites for hydroxylation is 1. The number of hydrogen-bond donors (Lipinski definition) is 0. The number of imidazole rings is 1. The Morgan fingerprint density at radius 3 is 2.09 bits per heavy atom. The van der Waals surface area contributed by atoms with E-state index in [9.17, 15) is 0 Å². The third-order valence-corrected chi connectivity index (χ3v) is 8.42. The first kappa shape index (κ1) is 25.2. The SMILES string of the molecule is Cc1ccc(-c2ccc(-n3c(-c4ccccc4)nc4ccccc43)cc2)cc1N=C1Cc2ccccc2-c2ccccc21. The van der Waals surface area contributed by atoms with Crippen LogP contribution in [-0.2, 0) is 6.42 Å². The molecule has 0 fully saturated rings. The largest absolute Gasteiger partial charge is 0.292 e. The third-order valence-electron chi connectivity index (χ3n) is 8.42. The number of aromatic nitrogens is 2. The lowest BCUT2D eigenvalue weighted by molar-refractivity contribution is 1.10. The van der Waals surface area contributed by atoms with Crippen LogP contribution in [0.3, 0.4) is 0 Å². The maximum absolute atomic E-state index is 5.29. The lowest BCUT2D eigenvalue weighted by atomic mass is 9.84. The average Bonchev–Trinajstić information content (AvgIpc) is 3.46. The van der Waals surface area contributed by atoms with Gasteiger partial charge in [0.2, 0.25) is 0 Å². The molecule has 0 saturated heterocycles. The Kier molecular flexibility index (Phi) is 6.08. The Bertz CT molecular complexity index is 2150. The van der Waals surface area contributed by atoms with Crippen LogP contribution >= 0.6 is 0 Å². The Morgan fingerprint density at radius 2 is 1.26 bits per heavy atom. The Labute approximate surface area is 251 Å². The fourth-order valence-electron chi connectivity index (χ4n) is 6.21. The summed E-state index contributed by atoms with van der Waals surface area (Å²) in [5.41, 5.74) is 15.0. The minimum atomic E-state index is 0.828. The van der Waals surface area contributed by atoms with Gasteiger partial charge in [-0.1, -0.05) is 115 Å². The van der Waals surface area contributed by atoms with Crippen molar-refractivity contribution in [3.8, 4) is 39.3 Å². The van der Waals surface area contributed by atoms with E-state index in [1.165, 1.54) is 27.8 Å². The van der Waals surface area contributed by atoms with Gasteiger partial charge in [0.1, 0.15) is 5.82 Å². The number of hydrogen-bond acceptors (Lipinski definition) is 2. The summed E-state index contributed by atoms with van der Waals surface area (Å²) in [6.45, 7) is 2.14. The number of benzene rings is 6. The molecule has 7 aromatic rings. The van der Waals surface area contributed by atoms with Crippen LogP contribution in [0.15, 0.2) is 151 Å². The van der Waals surface area contributed by atoms with Gasteiger partial charge in [0.05, 0.1) is 22.4 Å². The van der Waals surface area contributed by atoms with Gasteiger partial charge in [0.15, 0.2) is 0 Å². The Morgan fingerprint density at radius 1 is 0.581 bits per heavy atom. The van der Waals surface area contributed by atoms with Crippen LogP contribution in [0.1, 0.15) is 16.7 Å². The molecule has 6 aromatic carbocycles. The van der Waals surface area contributed by atoms with Gasteiger partial charge in [-0.2, -0.15) is 0 Å². The Hall–Kier alpha value is -5.54. The maximum Gasteiger partial charge on any atom is 0.145 e. The molecule has 8 rings (SSSR count). The molecule has 0 bridgehead atoms. The second-order valence-electron chi connectivity index (χ2n) is 11.1. The zero-order valence-electron chi connectivity index (χ0n) is 23.9.